The van der Waals surface area contributed by atoms with Crippen LogP contribution in [-0.4, -0.2) is 52.9 Å². The van der Waals surface area contributed by atoms with Crippen LogP contribution in [0.2, 0.25) is 0 Å². The van der Waals surface area contributed by atoms with Crippen molar-refractivity contribution in [3.63, 3.8) is 0 Å². The van der Waals surface area contributed by atoms with E-state index in [2.05, 4.69) is 10.3 Å². The molecule has 0 bridgehead atoms. The summed E-state index contributed by atoms with van der Waals surface area (Å²) in [6.07, 6.45) is 3.26. The van der Waals surface area contributed by atoms with Crippen molar-refractivity contribution in [1.82, 2.24) is 14.8 Å². The van der Waals surface area contributed by atoms with Crippen molar-refractivity contribution in [2.75, 3.05) is 31.5 Å². The maximum absolute atomic E-state index is 12.9. The predicted molar refractivity (Wildman–Crippen MR) is 118 cm³/mol. The van der Waals surface area contributed by atoms with Crippen molar-refractivity contribution in [1.29, 1.82) is 0 Å². The van der Waals surface area contributed by atoms with Crippen molar-refractivity contribution in [2.24, 2.45) is 0 Å². The highest BCUT2D eigenvalue weighted by molar-refractivity contribution is 5.95. The van der Waals surface area contributed by atoms with Gasteiger partial charge in [-0.1, -0.05) is 36.4 Å². The van der Waals surface area contributed by atoms with Crippen LogP contribution in [0.5, 0.6) is 5.75 Å². The van der Waals surface area contributed by atoms with Gasteiger partial charge in [0.15, 0.2) is 0 Å². The number of hydrogen-bond acceptors (Lipinski definition) is 4. The van der Waals surface area contributed by atoms with Gasteiger partial charge < -0.3 is 19.9 Å². The van der Waals surface area contributed by atoms with Gasteiger partial charge in [-0.2, -0.15) is 0 Å². The lowest BCUT2D eigenvalue weighted by Gasteiger charge is -2.34. The molecule has 158 valence electrons. The molecule has 0 spiro atoms. The first-order chi connectivity index (χ1) is 15.2. The van der Waals surface area contributed by atoms with Crippen LogP contribution >= 0.6 is 0 Å². The number of carbonyl (C=O) groups excluding carboxylic acids is 2. The van der Waals surface area contributed by atoms with Gasteiger partial charge in [-0.25, -0.2) is 4.79 Å². The van der Waals surface area contributed by atoms with Gasteiger partial charge in [0.2, 0.25) is 0 Å². The summed E-state index contributed by atoms with van der Waals surface area (Å²) < 4.78 is 5.84. The predicted octanol–water partition coefficient (Wildman–Crippen LogP) is 3.65. The summed E-state index contributed by atoms with van der Waals surface area (Å²) in [7, 11) is 0. The molecule has 1 aromatic heterocycles. The Morgan fingerprint density at radius 3 is 2.42 bits per heavy atom. The first kappa shape index (κ1) is 20.4. The normalized spacial score (nSPS) is 13.5. The maximum Gasteiger partial charge on any atom is 0.322 e. The van der Waals surface area contributed by atoms with E-state index < -0.39 is 0 Å². The number of aromatic nitrogens is 1. The Morgan fingerprint density at radius 1 is 0.903 bits per heavy atom. The van der Waals surface area contributed by atoms with Gasteiger partial charge in [-0.15, -0.1) is 0 Å². The molecule has 1 N–H and O–H groups in total. The molecule has 7 heteroatoms. The molecule has 3 amide bonds. The van der Waals surface area contributed by atoms with Crippen LogP contribution in [0.4, 0.5) is 10.5 Å². The minimum absolute atomic E-state index is 0.0579. The summed E-state index contributed by atoms with van der Waals surface area (Å²) in [4.78, 5) is 32.8. The van der Waals surface area contributed by atoms with Crippen LogP contribution in [0.15, 0.2) is 79.1 Å². The Bertz CT molecular complexity index is 1020. The molecule has 1 fully saturated rings. The number of rotatable bonds is 5. The number of nitrogens with one attached hydrogen (secondary N) is 1. The quantitative estimate of drug-likeness (QED) is 0.689. The molecule has 0 saturated carbocycles. The Balaban J connectivity index is 1.30. The second-order valence-electron chi connectivity index (χ2n) is 7.25. The number of urea groups is 1. The highest BCUT2D eigenvalue weighted by Gasteiger charge is 2.25. The average Bonchev–Trinajstić information content (AvgIpc) is 2.84. The zero-order valence-electron chi connectivity index (χ0n) is 17.1. The zero-order valence-corrected chi connectivity index (χ0v) is 17.1. The SMILES string of the molecule is O=C(Nc1cccnc1)N1CCN(C(=O)c2cccc(OCc3ccccc3)c2)CC1. The van der Waals surface area contributed by atoms with Crippen LogP contribution in [0.3, 0.4) is 0 Å². The van der Waals surface area contributed by atoms with E-state index in [0.717, 1.165) is 5.56 Å². The minimum Gasteiger partial charge on any atom is -0.489 e. The van der Waals surface area contributed by atoms with Gasteiger partial charge in [-0.3, -0.25) is 9.78 Å². The standard InChI is InChI=1S/C24H24N4O3/c29-23(20-8-4-10-22(16-20)31-18-19-6-2-1-3-7-19)27-12-14-28(15-13-27)24(30)26-21-9-5-11-25-17-21/h1-11,16-17H,12-15,18H2,(H,26,30). The third-order valence-corrected chi connectivity index (χ3v) is 5.10. The first-order valence-electron chi connectivity index (χ1n) is 10.2. The van der Waals surface area contributed by atoms with E-state index in [1.807, 2.05) is 42.5 Å². The molecular weight excluding hydrogens is 392 g/mol. The van der Waals surface area contributed by atoms with Gasteiger partial charge in [0, 0.05) is 37.9 Å². The second-order valence-corrected chi connectivity index (χ2v) is 7.25. The molecule has 0 unspecified atom stereocenters. The van der Waals surface area contributed by atoms with E-state index in [0.29, 0.717) is 49.8 Å². The molecule has 1 saturated heterocycles. The number of carbonyl (C=O) groups is 2. The molecule has 7 nitrogen and oxygen atoms in total. The fraction of sp³-hybridized carbons (Fsp3) is 0.208. The van der Waals surface area contributed by atoms with Gasteiger partial charge in [-0.05, 0) is 35.9 Å². The summed E-state index contributed by atoms with van der Waals surface area (Å²) in [6, 6.07) is 20.5. The van der Waals surface area contributed by atoms with Crippen LogP contribution in [-0.2, 0) is 6.61 Å². The highest BCUT2D eigenvalue weighted by Crippen LogP contribution is 2.18. The summed E-state index contributed by atoms with van der Waals surface area (Å²) >= 11 is 0. The Kier molecular flexibility index (Phi) is 6.42. The summed E-state index contributed by atoms with van der Waals surface area (Å²) in [5.41, 5.74) is 2.30. The summed E-state index contributed by atoms with van der Waals surface area (Å²) in [5, 5.41) is 2.83. The van der Waals surface area contributed by atoms with Crippen LogP contribution < -0.4 is 10.1 Å². The molecule has 3 aromatic rings. The number of anilines is 1. The van der Waals surface area contributed by atoms with E-state index in [1.165, 1.54) is 0 Å². The maximum atomic E-state index is 12.9. The highest BCUT2D eigenvalue weighted by atomic mass is 16.5. The molecule has 0 atom stereocenters. The van der Waals surface area contributed by atoms with E-state index in [4.69, 9.17) is 4.74 Å². The molecule has 4 rings (SSSR count). The first-order valence-corrected chi connectivity index (χ1v) is 10.2. The summed E-state index contributed by atoms with van der Waals surface area (Å²) in [5.74, 6) is 0.599. The smallest absolute Gasteiger partial charge is 0.322 e. The number of hydrogen-bond donors (Lipinski definition) is 1. The number of pyridine rings is 1. The van der Waals surface area contributed by atoms with Crippen molar-refractivity contribution in [3.05, 3.63) is 90.3 Å². The van der Waals surface area contributed by atoms with Crippen LogP contribution in [0.25, 0.3) is 0 Å². The Morgan fingerprint density at radius 2 is 1.68 bits per heavy atom. The van der Waals surface area contributed by atoms with E-state index in [9.17, 15) is 9.59 Å². The van der Waals surface area contributed by atoms with Crippen molar-refractivity contribution >= 4 is 17.6 Å². The van der Waals surface area contributed by atoms with Gasteiger partial charge in [0.25, 0.3) is 5.91 Å². The lowest BCUT2D eigenvalue weighted by molar-refractivity contribution is 0.0671. The van der Waals surface area contributed by atoms with Crippen LogP contribution in [0.1, 0.15) is 15.9 Å². The van der Waals surface area contributed by atoms with Crippen molar-refractivity contribution in [2.45, 2.75) is 6.61 Å². The number of amides is 3. The van der Waals surface area contributed by atoms with Crippen LogP contribution in [0, 0.1) is 0 Å². The zero-order chi connectivity index (χ0) is 21.5. The largest absolute Gasteiger partial charge is 0.489 e. The fourth-order valence-electron chi connectivity index (χ4n) is 3.39. The fourth-order valence-corrected chi connectivity index (χ4v) is 3.39. The molecule has 2 aromatic carbocycles. The van der Waals surface area contributed by atoms with E-state index in [1.54, 1.807) is 46.5 Å². The minimum atomic E-state index is -0.184. The second kappa shape index (κ2) is 9.75. The molecular formula is C24H24N4O3. The lowest BCUT2D eigenvalue weighted by Crippen LogP contribution is -2.51. The van der Waals surface area contributed by atoms with Crippen molar-refractivity contribution < 1.29 is 14.3 Å². The van der Waals surface area contributed by atoms with Gasteiger partial charge in [0.1, 0.15) is 12.4 Å². The molecule has 2 heterocycles. The molecule has 31 heavy (non-hydrogen) atoms. The lowest BCUT2D eigenvalue weighted by atomic mass is 10.1. The third-order valence-electron chi connectivity index (χ3n) is 5.10. The molecule has 0 aliphatic carbocycles. The molecule has 1 aliphatic rings. The van der Waals surface area contributed by atoms with Gasteiger partial charge >= 0.3 is 6.03 Å². The Labute approximate surface area is 181 Å². The number of benzene rings is 2. The topological polar surface area (TPSA) is 74.8 Å². The summed E-state index contributed by atoms with van der Waals surface area (Å²) in [6.45, 7) is 2.36. The number of nitrogens with zero attached hydrogens (tertiary/aromatic N) is 3. The Hall–Kier alpha value is -3.87. The average molecular weight is 416 g/mol. The van der Waals surface area contributed by atoms with Crippen molar-refractivity contribution in [3.8, 4) is 5.75 Å². The van der Waals surface area contributed by atoms with E-state index in [-0.39, 0.29) is 11.9 Å². The number of ether oxygens (including phenoxy) is 1. The van der Waals surface area contributed by atoms with Gasteiger partial charge in [0.05, 0.1) is 11.9 Å². The monoisotopic (exact) mass is 416 g/mol. The third kappa shape index (κ3) is 5.39. The number of piperazine rings is 1. The van der Waals surface area contributed by atoms with E-state index >= 15 is 0 Å². The molecule has 1 aliphatic heterocycles. The molecule has 0 radical (unpaired) electrons.